The molecule has 134 valence electrons. The van der Waals surface area contributed by atoms with Crippen molar-refractivity contribution in [3.63, 3.8) is 0 Å². The maximum atomic E-state index is 12.4. The van der Waals surface area contributed by atoms with Gasteiger partial charge < -0.3 is 10.6 Å². The van der Waals surface area contributed by atoms with E-state index in [9.17, 15) is 9.59 Å². The molecule has 3 aromatic rings. The number of pyridine rings is 1. The highest BCUT2D eigenvalue weighted by Crippen LogP contribution is 2.22. The SMILES string of the molecule is CCNC(=O)Nc1nc2cc(-c3cncnc3)cc(C(=O)NCC)n2n1. The Bertz CT molecular complexity index is 938. The van der Waals surface area contributed by atoms with Gasteiger partial charge >= 0.3 is 6.03 Å². The third-order valence-corrected chi connectivity index (χ3v) is 3.46. The molecule has 0 spiro atoms. The summed E-state index contributed by atoms with van der Waals surface area (Å²) < 4.78 is 1.39. The van der Waals surface area contributed by atoms with Gasteiger partial charge in [-0.25, -0.2) is 19.3 Å². The predicted octanol–water partition coefficient (Wildman–Crippen LogP) is 1.08. The van der Waals surface area contributed by atoms with Gasteiger partial charge in [-0.2, -0.15) is 4.98 Å². The van der Waals surface area contributed by atoms with Crippen LogP contribution < -0.4 is 16.0 Å². The van der Waals surface area contributed by atoms with Gasteiger partial charge in [-0.3, -0.25) is 10.1 Å². The highest BCUT2D eigenvalue weighted by molar-refractivity contribution is 5.95. The second kappa shape index (κ2) is 7.55. The quantitative estimate of drug-likeness (QED) is 0.629. The maximum Gasteiger partial charge on any atom is 0.321 e. The molecule has 0 saturated heterocycles. The summed E-state index contributed by atoms with van der Waals surface area (Å²) in [5.74, 6) is -0.200. The van der Waals surface area contributed by atoms with E-state index in [1.54, 1.807) is 31.5 Å². The standard InChI is InChI=1S/C16H18N8O2/c1-3-19-14(25)12-5-10(11-7-17-9-18-8-11)6-13-21-15(23-24(12)13)22-16(26)20-4-2/h5-9H,3-4H2,1-2H3,(H,19,25)(H2,20,22,23,26). The molecular formula is C16H18N8O2. The number of rotatable bonds is 5. The molecule has 10 heteroatoms. The first-order valence-electron chi connectivity index (χ1n) is 8.11. The van der Waals surface area contributed by atoms with Gasteiger partial charge in [0.25, 0.3) is 11.9 Å². The van der Waals surface area contributed by atoms with Gasteiger partial charge in [-0.05, 0) is 31.5 Å². The van der Waals surface area contributed by atoms with E-state index < -0.39 is 6.03 Å². The Morgan fingerprint density at radius 2 is 1.77 bits per heavy atom. The fraction of sp³-hybridized carbons (Fsp3) is 0.250. The first-order valence-corrected chi connectivity index (χ1v) is 8.11. The predicted molar refractivity (Wildman–Crippen MR) is 94.7 cm³/mol. The van der Waals surface area contributed by atoms with Crippen LogP contribution in [-0.4, -0.2) is 49.6 Å². The zero-order valence-electron chi connectivity index (χ0n) is 14.4. The van der Waals surface area contributed by atoms with Gasteiger partial charge in [-0.15, -0.1) is 5.10 Å². The molecule has 3 aromatic heterocycles. The second-order valence-corrected chi connectivity index (χ2v) is 5.31. The van der Waals surface area contributed by atoms with E-state index in [-0.39, 0.29) is 11.9 Å². The molecule has 0 fully saturated rings. The number of nitrogens with one attached hydrogen (secondary N) is 3. The number of hydrogen-bond donors (Lipinski definition) is 3. The lowest BCUT2D eigenvalue weighted by atomic mass is 10.1. The summed E-state index contributed by atoms with van der Waals surface area (Å²) in [6, 6.07) is 3.01. The number of hydrogen-bond acceptors (Lipinski definition) is 6. The van der Waals surface area contributed by atoms with Crippen molar-refractivity contribution >= 4 is 23.5 Å². The lowest BCUT2D eigenvalue weighted by Gasteiger charge is -2.07. The summed E-state index contributed by atoms with van der Waals surface area (Å²) >= 11 is 0. The number of nitrogens with zero attached hydrogens (tertiary/aromatic N) is 5. The van der Waals surface area contributed by atoms with Crippen LogP contribution in [0.3, 0.4) is 0 Å². The topological polar surface area (TPSA) is 126 Å². The van der Waals surface area contributed by atoms with Gasteiger partial charge in [0, 0.05) is 31.0 Å². The van der Waals surface area contributed by atoms with Crippen LogP contribution in [0, 0.1) is 0 Å². The first-order chi connectivity index (χ1) is 12.6. The Labute approximate surface area is 149 Å². The van der Waals surface area contributed by atoms with E-state index in [1.807, 2.05) is 6.92 Å². The molecule has 0 aliphatic heterocycles. The number of anilines is 1. The third kappa shape index (κ3) is 3.58. The third-order valence-electron chi connectivity index (χ3n) is 3.46. The van der Waals surface area contributed by atoms with Crippen LogP contribution in [0.15, 0.2) is 30.9 Å². The van der Waals surface area contributed by atoms with Crippen molar-refractivity contribution in [3.05, 3.63) is 36.5 Å². The molecule has 10 nitrogen and oxygen atoms in total. The molecule has 0 aliphatic rings. The van der Waals surface area contributed by atoms with Crippen LogP contribution >= 0.6 is 0 Å². The molecule has 0 saturated carbocycles. The van der Waals surface area contributed by atoms with E-state index in [1.165, 1.54) is 10.8 Å². The van der Waals surface area contributed by atoms with Crippen molar-refractivity contribution in [1.82, 2.24) is 35.2 Å². The van der Waals surface area contributed by atoms with E-state index in [2.05, 4.69) is 36.0 Å². The van der Waals surface area contributed by atoms with Crippen LogP contribution in [0.1, 0.15) is 24.3 Å². The Morgan fingerprint density at radius 1 is 1.04 bits per heavy atom. The summed E-state index contributed by atoms with van der Waals surface area (Å²) in [5, 5.41) is 12.1. The van der Waals surface area contributed by atoms with Gasteiger partial charge in [0.2, 0.25) is 0 Å². The smallest absolute Gasteiger partial charge is 0.321 e. The number of carbonyl (C=O) groups is 2. The average Bonchev–Trinajstić information content (AvgIpc) is 3.04. The monoisotopic (exact) mass is 354 g/mol. The Balaban J connectivity index is 2.09. The lowest BCUT2D eigenvalue weighted by Crippen LogP contribution is -2.28. The summed E-state index contributed by atoms with van der Waals surface area (Å²) in [6.45, 7) is 4.57. The van der Waals surface area contributed by atoms with Crippen molar-refractivity contribution in [1.29, 1.82) is 0 Å². The molecule has 0 unspecified atom stereocenters. The number of aromatic nitrogens is 5. The summed E-state index contributed by atoms with van der Waals surface area (Å²) in [5.41, 5.74) is 2.16. The highest BCUT2D eigenvalue weighted by Gasteiger charge is 2.17. The molecule has 3 heterocycles. The molecule has 26 heavy (non-hydrogen) atoms. The Hall–Kier alpha value is -3.56. The first kappa shape index (κ1) is 17.3. The number of fused-ring (bicyclic) bond motifs is 1. The number of urea groups is 1. The van der Waals surface area contributed by atoms with Crippen molar-refractivity contribution in [2.75, 3.05) is 18.4 Å². The minimum absolute atomic E-state index is 0.1000. The van der Waals surface area contributed by atoms with E-state index in [0.29, 0.717) is 24.4 Å². The van der Waals surface area contributed by atoms with Crippen LogP contribution in [0.4, 0.5) is 10.7 Å². The Morgan fingerprint density at radius 3 is 2.46 bits per heavy atom. The number of amides is 3. The molecule has 0 aliphatic carbocycles. The normalized spacial score (nSPS) is 10.5. The van der Waals surface area contributed by atoms with E-state index in [4.69, 9.17) is 0 Å². The molecule has 0 atom stereocenters. The molecule has 0 radical (unpaired) electrons. The van der Waals surface area contributed by atoms with Crippen LogP contribution in [0.5, 0.6) is 0 Å². The molecule has 3 rings (SSSR count). The summed E-state index contributed by atoms with van der Waals surface area (Å²) in [6.07, 6.45) is 4.72. The second-order valence-electron chi connectivity index (χ2n) is 5.31. The molecule has 3 N–H and O–H groups in total. The maximum absolute atomic E-state index is 12.4. The minimum Gasteiger partial charge on any atom is -0.351 e. The Kier molecular flexibility index (Phi) is 5.02. The molecule has 0 bridgehead atoms. The van der Waals surface area contributed by atoms with Crippen molar-refractivity contribution in [2.45, 2.75) is 13.8 Å². The van der Waals surface area contributed by atoms with Gasteiger partial charge in [0.1, 0.15) is 12.0 Å². The van der Waals surface area contributed by atoms with Gasteiger partial charge in [0.15, 0.2) is 5.65 Å². The van der Waals surface area contributed by atoms with Gasteiger partial charge in [-0.1, -0.05) is 0 Å². The lowest BCUT2D eigenvalue weighted by molar-refractivity contribution is 0.0948. The van der Waals surface area contributed by atoms with Crippen LogP contribution in [0.25, 0.3) is 16.8 Å². The average molecular weight is 354 g/mol. The number of carbonyl (C=O) groups excluding carboxylic acids is 2. The van der Waals surface area contributed by atoms with Gasteiger partial charge in [0.05, 0.1) is 0 Å². The zero-order valence-corrected chi connectivity index (χ0v) is 14.4. The molecular weight excluding hydrogens is 336 g/mol. The van der Waals surface area contributed by atoms with Crippen molar-refractivity contribution < 1.29 is 9.59 Å². The zero-order chi connectivity index (χ0) is 18.5. The largest absolute Gasteiger partial charge is 0.351 e. The van der Waals surface area contributed by atoms with E-state index in [0.717, 1.165) is 11.1 Å². The summed E-state index contributed by atoms with van der Waals surface area (Å²) in [7, 11) is 0. The summed E-state index contributed by atoms with van der Waals surface area (Å²) in [4.78, 5) is 36.4. The highest BCUT2D eigenvalue weighted by atomic mass is 16.2. The molecule has 0 aromatic carbocycles. The minimum atomic E-state index is -0.417. The van der Waals surface area contributed by atoms with Crippen molar-refractivity contribution in [3.8, 4) is 11.1 Å². The van der Waals surface area contributed by atoms with Crippen molar-refractivity contribution in [2.24, 2.45) is 0 Å². The van der Waals surface area contributed by atoms with Crippen LogP contribution in [-0.2, 0) is 0 Å². The van der Waals surface area contributed by atoms with E-state index >= 15 is 0 Å². The fourth-order valence-corrected chi connectivity index (χ4v) is 2.37. The van der Waals surface area contributed by atoms with Crippen LogP contribution in [0.2, 0.25) is 0 Å². The molecule has 3 amide bonds. The fourth-order valence-electron chi connectivity index (χ4n) is 2.37.